The molecule has 0 saturated heterocycles. The number of nitrogens with one attached hydrogen (secondary N) is 1. The Bertz CT molecular complexity index is 1460. The molecule has 4 aromatic rings. The molecule has 4 aromatic heterocycles. The molecule has 1 aliphatic rings. The van der Waals surface area contributed by atoms with Crippen LogP contribution in [-0.2, 0) is 20.6 Å². The molecule has 1 fully saturated rings. The lowest BCUT2D eigenvalue weighted by Crippen LogP contribution is -2.24. The molecular formula is C23H27N8O7P. The van der Waals surface area contributed by atoms with Gasteiger partial charge in [0.25, 0.3) is 5.91 Å². The van der Waals surface area contributed by atoms with Gasteiger partial charge in [0.15, 0.2) is 12.4 Å². The molecule has 16 heteroatoms. The fourth-order valence-corrected chi connectivity index (χ4v) is 4.64. The quantitative estimate of drug-likeness (QED) is 0.241. The van der Waals surface area contributed by atoms with E-state index >= 15 is 0 Å². The Morgan fingerprint density at radius 3 is 2.74 bits per heavy atom. The van der Waals surface area contributed by atoms with Crippen LogP contribution in [0.15, 0.2) is 47.9 Å². The molecule has 39 heavy (non-hydrogen) atoms. The lowest BCUT2D eigenvalue weighted by Gasteiger charge is -2.28. The average Bonchev–Trinajstić information content (AvgIpc) is 3.68. The lowest BCUT2D eigenvalue weighted by atomic mass is 9.93. The van der Waals surface area contributed by atoms with E-state index in [0.717, 1.165) is 30.4 Å². The summed E-state index contributed by atoms with van der Waals surface area (Å²) >= 11 is 0. The van der Waals surface area contributed by atoms with Gasteiger partial charge in [-0.1, -0.05) is 0 Å². The van der Waals surface area contributed by atoms with E-state index in [2.05, 4.69) is 29.9 Å². The van der Waals surface area contributed by atoms with Crippen LogP contribution >= 0.6 is 7.82 Å². The zero-order valence-corrected chi connectivity index (χ0v) is 21.8. The highest BCUT2D eigenvalue weighted by Crippen LogP contribution is 2.36. The molecule has 1 saturated carbocycles. The van der Waals surface area contributed by atoms with Crippen LogP contribution in [0.1, 0.15) is 49.1 Å². The second kappa shape index (κ2) is 11.6. The number of oxazole rings is 1. The van der Waals surface area contributed by atoms with E-state index < -0.39 is 20.5 Å². The molecule has 15 nitrogen and oxygen atoms in total. The van der Waals surface area contributed by atoms with E-state index in [4.69, 9.17) is 24.0 Å². The van der Waals surface area contributed by atoms with Gasteiger partial charge in [-0.2, -0.15) is 10.2 Å². The first-order valence-electron chi connectivity index (χ1n) is 12.3. The number of ether oxygens (including phenoxy) is 1. The van der Waals surface area contributed by atoms with Gasteiger partial charge in [0.1, 0.15) is 17.7 Å². The standard InChI is InChI=1S/C23H27N8O7P/c1-2-36-17-5-3-16(4-6-17)31-12-19(21(29-31)18-10-24-7-8-25-18)27-22(32)20-13-37-23(28-20)15-9-26-30(11-15)14-38-39(33,34)35/h7-13,16-17H,2-6,14H2,1H3,(H,27,32)(H2,33,34,35). The SMILES string of the molecule is CCOC1CCC(n2cc(NC(=O)c3coc(-c4cnn(COP(=O)(O)O)c4)n3)c(-c3cnccn3)n2)CC1. The molecular weight excluding hydrogens is 531 g/mol. The number of carbonyl (C=O) groups is 1. The Balaban J connectivity index is 1.32. The smallest absolute Gasteiger partial charge is 0.444 e. The van der Waals surface area contributed by atoms with Gasteiger partial charge in [-0.15, -0.1) is 0 Å². The number of nitrogens with zero attached hydrogens (tertiary/aromatic N) is 7. The van der Waals surface area contributed by atoms with Crippen molar-refractivity contribution < 1.29 is 32.8 Å². The van der Waals surface area contributed by atoms with Crippen molar-refractivity contribution in [1.82, 2.24) is 34.5 Å². The molecule has 206 valence electrons. The summed E-state index contributed by atoms with van der Waals surface area (Å²) in [5.41, 5.74) is 1.86. The maximum absolute atomic E-state index is 13.1. The summed E-state index contributed by atoms with van der Waals surface area (Å²) in [5.74, 6) is -0.426. The van der Waals surface area contributed by atoms with Gasteiger partial charge in [-0.3, -0.25) is 24.0 Å². The van der Waals surface area contributed by atoms with Crippen molar-refractivity contribution in [2.75, 3.05) is 11.9 Å². The van der Waals surface area contributed by atoms with Crippen LogP contribution in [0.4, 0.5) is 5.69 Å². The van der Waals surface area contributed by atoms with Gasteiger partial charge < -0.3 is 24.3 Å². The largest absolute Gasteiger partial charge is 0.471 e. The van der Waals surface area contributed by atoms with Crippen LogP contribution in [0.5, 0.6) is 0 Å². The highest BCUT2D eigenvalue weighted by atomic mass is 31.2. The minimum atomic E-state index is -4.65. The summed E-state index contributed by atoms with van der Waals surface area (Å²) in [6.07, 6.45) is 14.4. The third-order valence-electron chi connectivity index (χ3n) is 6.18. The molecule has 0 bridgehead atoms. The van der Waals surface area contributed by atoms with Crippen molar-refractivity contribution in [2.45, 2.75) is 51.5 Å². The molecule has 4 heterocycles. The second-order valence-corrected chi connectivity index (χ2v) is 10.1. The molecule has 0 unspecified atom stereocenters. The van der Waals surface area contributed by atoms with Crippen molar-refractivity contribution in [3.8, 4) is 22.8 Å². The third-order valence-corrected chi connectivity index (χ3v) is 6.63. The normalized spacial score (nSPS) is 17.8. The van der Waals surface area contributed by atoms with E-state index in [1.165, 1.54) is 18.7 Å². The Morgan fingerprint density at radius 2 is 2.03 bits per heavy atom. The minimum Gasteiger partial charge on any atom is -0.444 e. The number of carbonyl (C=O) groups excluding carboxylic acids is 1. The Morgan fingerprint density at radius 1 is 1.21 bits per heavy atom. The average molecular weight is 558 g/mol. The Kier molecular flexibility index (Phi) is 7.95. The first-order valence-corrected chi connectivity index (χ1v) is 13.8. The highest BCUT2D eigenvalue weighted by molar-refractivity contribution is 7.46. The summed E-state index contributed by atoms with van der Waals surface area (Å²) in [6, 6.07) is 0.160. The van der Waals surface area contributed by atoms with Crippen LogP contribution in [0.25, 0.3) is 22.8 Å². The minimum absolute atomic E-state index is 0.0132. The first-order chi connectivity index (χ1) is 18.8. The van der Waals surface area contributed by atoms with E-state index in [1.807, 2.05) is 11.6 Å². The summed E-state index contributed by atoms with van der Waals surface area (Å²) in [4.78, 5) is 43.5. The summed E-state index contributed by atoms with van der Waals surface area (Å²) in [5, 5.41) is 11.5. The van der Waals surface area contributed by atoms with Crippen LogP contribution < -0.4 is 5.32 Å². The van der Waals surface area contributed by atoms with Gasteiger partial charge in [-0.05, 0) is 32.6 Å². The van der Waals surface area contributed by atoms with Gasteiger partial charge in [0.05, 0.1) is 35.8 Å². The fraction of sp³-hybridized carbons (Fsp3) is 0.391. The number of rotatable bonds is 10. The topological polar surface area (TPSA) is 193 Å². The number of aromatic nitrogens is 7. The van der Waals surface area contributed by atoms with E-state index in [0.29, 0.717) is 29.2 Å². The summed E-state index contributed by atoms with van der Waals surface area (Å²) < 4.78 is 29.5. The van der Waals surface area contributed by atoms with E-state index in [1.54, 1.807) is 24.8 Å². The summed E-state index contributed by atoms with van der Waals surface area (Å²) in [6.45, 7) is 2.22. The Labute approximate surface area is 222 Å². The lowest BCUT2D eigenvalue weighted by molar-refractivity contribution is 0.0260. The molecule has 0 aromatic carbocycles. The van der Waals surface area contributed by atoms with Crippen LogP contribution in [0, 0.1) is 0 Å². The fourth-order valence-electron chi connectivity index (χ4n) is 4.37. The molecule has 5 rings (SSSR count). The third kappa shape index (κ3) is 6.64. The second-order valence-electron chi connectivity index (χ2n) is 8.86. The van der Waals surface area contributed by atoms with Gasteiger partial charge >= 0.3 is 7.82 Å². The monoisotopic (exact) mass is 558 g/mol. The van der Waals surface area contributed by atoms with Crippen molar-refractivity contribution >= 4 is 19.4 Å². The predicted octanol–water partition coefficient (Wildman–Crippen LogP) is 3.03. The first kappa shape index (κ1) is 26.8. The van der Waals surface area contributed by atoms with Crippen molar-refractivity contribution in [2.24, 2.45) is 0 Å². The molecule has 3 N–H and O–H groups in total. The van der Waals surface area contributed by atoms with Crippen LogP contribution in [0.3, 0.4) is 0 Å². The number of hydrogen-bond acceptors (Lipinski definition) is 10. The number of anilines is 1. The molecule has 1 aliphatic carbocycles. The molecule has 0 radical (unpaired) electrons. The van der Waals surface area contributed by atoms with Crippen molar-refractivity contribution in [3.63, 3.8) is 0 Å². The van der Waals surface area contributed by atoms with Crippen molar-refractivity contribution in [3.05, 3.63) is 49.1 Å². The molecule has 1 amide bonds. The zero-order valence-electron chi connectivity index (χ0n) is 21.0. The number of phosphoric ester groups is 1. The van der Waals surface area contributed by atoms with Crippen LogP contribution in [-0.4, -0.2) is 62.9 Å². The zero-order chi connectivity index (χ0) is 27.4. The number of phosphoric acid groups is 1. The number of hydrogen-bond donors (Lipinski definition) is 3. The van der Waals surface area contributed by atoms with Gasteiger partial charge in [0, 0.05) is 31.4 Å². The van der Waals surface area contributed by atoms with Crippen LogP contribution in [0.2, 0.25) is 0 Å². The van der Waals surface area contributed by atoms with Gasteiger partial charge in [-0.25, -0.2) is 14.2 Å². The predicted molar refractivity (Wildman–Crippen MR) is 135 cm³/mol. The highest BCUT2D eigenvalue weighted by Gasteiger charge is 2.26. The maximum atomic E-state index is 13.1. The molecule has 0 aliphatic heterocycles. The molecule has 0 atom stereocenters. The van der Waals surface area contributed by atoms with Gasteiger partial charge in [0.2, 0.25) is 5.89 Å². The van der Waals surface area contributed by atoms with E-state index in [-0.39, 0.29) is 23.7 Å². The Hall–Kier alpha value is -3.75. The van der Waals surface area contributed by atoms with Crippen molar-refractivity contribution in [1.29, 1.82) is 0 Å². The number of amides is 1. The molecule has 0 spiro atoms. The summed E-state index contributed by atoms with van der Waals surface area (Å²) in [7, 11) is -4.65. The van der Waals surface area contributed by atoms with E-state index in [9.17, 15) is 9.36 Å². The maximum Gasteiger partial charge on any atom is 0.471 e.